The average Bonchev–Trinajstić information content (AvgIpc) is 3.55. The number of carbonyl (C=O) groups is 1. The second kappa shape index (κ2) is 9.93. The Morgan fingerprint density at radius 2 is 1.66 bits per heavy atom. The highest BCUT2D eigenvalue weighted by atomic mass is 19.4. The van der Waals surface area contributed by atoms with Gasteiger partial charge in [-0.15, -0.1) is 5.06 Å². The van der Waals surface area contributed by atoms with Crippen LogP contribution in [0.2, 0.25) is 0 Å². The molecule has 1 aliphatic carbocycles. The summed E-state index contributed by atoms with van der Waals surface area (Å²) in [7, 11) is 0. The summed E-state index contributed by atoms with van der Waals surface area (Å²) in [6.07, 6.45) is -3.83. The van der Waals surface area contributed by atoms with Crippen LogP contribution < -0.4 is 0 Å². The highest BCUT2D eigenvalue weighted by Gasteiger charge is 2.44. The fraction of sp³-hybridized carbons (Fsp3) is 0.192. The van der Waals surface area contributed by atoms with Gasteiger partial charge in [0.15, 0.2) is 5.82 Å². The number of nitrogens with zero attached hydrogens (tertiary/aromatic N) is 3. The van der Waals surface area contributed by atoms with E-state index in [4.69, 9.17) is 0 Å². The van der Waals surface area contributed by atoms with Gasteiger partial charge in [-0.1, -0.05) is 24.3 Å². The van der Waals surface area contributed by atoms with Crippen molar-refractivity contribution in [2.45, 2.75) is 31.6 Å². The van der Waals surface area contributed by atoms with Crippen molar-refractivity contribution >= 4 is 5.97 Å². The zero-order valence-electron chi connectivity index (χ0n) is 19.4. The smallest absolute Gasteiger partial charge is 0.360 e. The Morgan fingerprint density at radius 1 is 0.947 bits per heavy atom. The van der Waals surface area contributed by atoms with Crippen molar-refractivity contribution in [1.82, 2.24) is 20.2 Å². The van der Waals surface area contributed by atoms with Crippen molar-refractivity contribution in [3.8, 4) is 22.5 Å². The minimum Gasteiger partial charge on any atom is -0.360 e. The molecule has 0 saturated carbocycles. The summed E-state index contributed by atoms with van der Waals surface area (Å²) >= 11 is 0. The van der Waals surface area contributed by atoms with Crippen LogP contribution in [0.4, 0.5) is 26.3 Å². The molecular formula is C26H18F6N4O2. The lowest BCUT2D eigenvalue weighted by Gasteiger charge is -2.28. The topological polar surface area (TPSA) is 71.1 Å². The Labute approximate surface area is 211 Å². The maximum absolute atomic E-state index is 15.2. The van der Waals surface area contributed by atoms with Crippen LogP contribution in [0, 0.1) is 17.5 Å². The van der Waals surface area contributed by atoms with E-state index in [1.165, 1.54) is 24.5 Å². The van der Waals surface area contributed by atoms with E-state index in [1.54, 1.807) is 24.3 Å². The molecule has 5 rings (SSSR count). The van der Waals surface area contributed by atoms with E-state index in [9.17, 15) is 22.4 Å². The van der Waals surface area contributed by atoms with Gasteiger partial charge >= 0.3 is 12.1 Å². The summed E-state index contributed by atoms with van der Waals surface area (Å²) in [5, 5.41) is 7.15. The van der Waals surface area contributed by atoms with Crippen LogP contribution >= 0.6 is 0 Å². The van der Waals surface area contributed by atoms with Crippen molar-refractivity contribution < 1.29 is 36.0 Å². The van der Waals surface area contributed by atoms with E-state index in [-0.39, 0.29) is 18.4 Å². The zero-order valence-corrected chi connectivity index (χ0v) is 19.4. The molecule has 1 heterocycles. The monoisotopic (exact) mass is 532 g/mol. The summed E-state index contributed by atoms with van der Waals surface area (Å²) in [6.45, 7) is -0.794. The molecule has 1 aliphatic rings. The molecule has 0 amide bonds. The number of hydrogen-bond acceptors (Lipinski definition) is 5. The second-order valence-electron chi connectivity index (χ2n) is 8.75. The van der Waals surface area contributed by atoms with Crippen molar-refractivity contribution in [2.75, 3.05) is 0 Å². The summed E-state index contributed by atoms with van der Waals surface area (Å²) in [4.78, 5) is 20.2. The fourth-order valence-corrected chi connectivity index (χ4v) is 4.42. The maximum Gasteiger partial charge on any atom is 0.492 e. The largest absolute Gasteiger partial charge is 0.492 e. The molecule has 0 saturated heterocycles. The van der Waals surface area contributed by atoms with Crippen LogP contribution in [-0.2, 0) is 29.0 Å². The number of hydrogen-bond donors (Lipinski definition) is 1. The Hall–Kier alpha value is -4.19. The van der Waals surface area contributed by atoms with Gasteiger partial charge in [0, 0.05) is 11.1 Å². The summed E-state index contributed by atoms with van der Waals surface area (Å²) in [5.41, 5.74) is 1.76. The van der Waals surface area contributed by atoms with Gasteiger partial charge in [-0.25, -0.2) is 22.9 Å². The number of nitrogens with one attached hydrogen (secondary N) is 1. The first-order valence-corrected chi connectivity index (χ1v) is 11.4. The van der Waals surface area contributed by atoms with Crippen molar-refractivity contribution in [3.63, 3.8) is 0 Å². The van der Waals surface area contributed by atoms with Crippen LogP contribution in [0.5, 0.6) is 0 Å². The van der Waals surface area contributed by atoms with Gasteiger partial charge in [-0.2, -0.15) is 18.3 Å². The van der Waals surface area contributed by atoms with E-state index in [0.29, 0.717) is 33.1 Å². The van der Waals surface area contributed by atoms with Gasteiger partial charge in [-0.05, 0) is 65.4 Å². The van der Waals surface area contributed by atoms with E-state index in [0.717, 1.165) is 12.1 Å². The van der Waals surface area contributed by atoms with Gasteiger partial charge in [0.1, 0.15) is 23.8 Å². The predicted molar refractivity (Wildman–Crippen MR) is 122 cm³/mol. The van der Waals surface area contributed by atoms with Crippen molar-refractivity contribution in [1.29, 1.82) is 0 Å². The van der Waals surface area contributed by atoms with E-state index in [1.807, 2.05) is 0 Å². The molecule has 0 spiro atoms. The first kappa shape index (κ1) is 25.5. The molecule has 0 radical (unpaired) electrons. The SMILES string of the molecule is O=C(ON(Cc1c(F)cc(-c2cccc(-c3nc[nH]n3)c2)cc1F)[C@H]1Cc2ccc(F)cc2C1)C(F)(F)F. The lowest BCUT2D eigenvalue weighted by atomic mass is 10.0. The number of alkyl halides is 3. The van der Waals surface area contributed by atoms with Crippen LogP contribution in [0.1, 0.15) is 16.7 Å². The summed E-state index contributed by atoms with van der Waals surface area (Å²) in [6, 6.07) is 11.7. The average molecular weight is 532 g/mol. The molecule has 1 N–H and O–H groups in total. The third-order valence-corrected chi connectivity index (χ3v) is 6.24. The Kier molecular flexibility index (Phi) is 6.66. The molecule has 3 aromatic carbocycles. The first-order chi connectivity index (χ1) is 18.1. The molecule has 0 fully saturated rings. The van der Waals surface area contributed by atoms with Crippen molar-refractivity contribution in [3.05, 3.63) is 95.1 Å². The summed E-state index contributed by atoms with van der Waals surface area (Å²) < 4.78 is 83.0. The molecular weight excluding hydrogens is 514 g/mol. The predicted octanol–water partition coefficient (Wildman–Crippen LogP) is 5.55. The van der Waals surface area contributed by atoms with Crippen LogP contribution in [0.25, 0.3) is 22.5 Å². The zero-order chi connectivity index (χ0) is 27.0. The first-order valence-electron chi connectivity index (χ1n) is 11.4. The molecule has 6 nitrogen and oxygen atoms in total. The number of H-pyrrole nitrogens is 1. The number of rotatable bonds is 6. The Morgan fingerprint density at radius 3 is 2.34 bits per heavy atom. The lowest BCUT2D eigenvalue weighted by Crippen LogP contribution is -2.41. The number of fused-ring (bicyclic) bond motifs is 1. The van der Waals surface area contributed by atoms with E-state index in [2.05, 4.69) is 20.0 Å². The van der Waals surface area contributed by atoms with Crippen LogP contribution in [0.3, 0.4) is 0 Å². The van der Waals surface area contributed by atoms with Gasteiger partial charge < -0.3 is 4.84 Å². The number of carbonyl (C=O) groups excluding carboxylic acids is 1. The minimum atomic E-state index is -5.33. The maximum atomic E-state index is 15.2. The molecule has 196 valence electrons. The molecule has 4 aromatic rings. The van der Waals surface area contributed by atoms with Crippen molar-refractivity contribution in [2.24, 2.45) is 0 Å². The number of aromatic amines is 1. The molecule has 1 atom stereocenters. The molecule has 0 unspecified atom stereocenters. The van der Waals surface area contributed by atoms with E-state index < -0.39 is 47.7 Å². The normalized spacial score (nSPS) is 15.1. The van der Waals surface area contributed by atoms with Crippen LogP contribution in [-0.4, -0.2) is 38.4 Å². The number of hydroxylamine groups is 2. The Bertz CT molecular complexity index is 1470. The molecule has 0 bridgehead atoms. The fourth-order valence-electron chi connectivity index (χ4n) is 4.42. The van der Waals surface area contributed by atoms with Gasteiger partial charge in [0.05, 0.1) is 12.6 Å². The van der Waals surface area contributed by atoms with Gasteiger partial charge in [0.2, 0.25) is 0 Å². The standard InChI is InChI=1S/C26H18F6N4O2/c27-19-5-4-15-8-20(9-17(15)7-19)36(38-25(37)26(30,31)32)12-21-22(28)10-18(11-23(21)29)14-2-1-3-16(6-14)24-33-13-34-35-24/h1-7,10-11,13,20H,8-9,12H2,(H,33,34,35)/t20-/m0/s1. The molecule has 38 heavy (non-hydrogen) atoms. The van der Waals surface area contributed by atoms with Gasteiger partial charge in [0.25, 0.3) is 0 Å². The van der Waals surface area contributed by atoms with E-state index >= 15 is 8.78 Å². The highest BCUT2D eigenvalue weighted by Crippen LogP contribution is 2.32. The Balaban J connectivity index is 1.44. The molecule has 1 aromatic heterocycles. The van der Waals surface area contributed by atoms with Gasteiger partial charge in [-0.3, -0.25) is 5.10 Å². The lowest BCUT2D eigenvalue weighted by molar-refractivity contribution is -0.248. The summed E-state index contributed by atoms with van der Waals surface area (Å²) in [5.74, 6) is -4.77. The third-order valence-electron chi connectivity index (χ3n) is 6.24. The number of benzene rings is 3. The molecule has 0 aliphatic heterocycles. The van der Waals surface area contributed by atoms with Crippen LogP contribution in [0.15, 0.2) is 60.9 Å². The highest BCUT2D eigenvalue weighted by molar-refractivity contribution is 5.75. The number of aromatic nitrogens is 3. The third kappa shape index (κ3) is 5.25. The minimum absolute atomic E-state index is 0.0214. The quantitative estimate of drug-likeness (QED) is 0.261. The molecule has 12 heteroatoms. The second-order valence-corrected chi connectivity index (χ2v) is 8.75. The number of halogens is 6.